The Kier molecular flexibility index (Phi) is 6.21. The third kappa shape index (κ3) is 3.86. The molecular formula is C20H22BrFN2O3S. The molecule has 0 radical (unpaired) electrons. The molecule has 0 N–H and O–H groups in total. The highest BCUT2D eigenvalue weighted by Gasteiger charge is 2.28. The summed E-state index contributed by atoms with van der Waals surface area (Å²) in [6.45, 7) is 4.84. The maximum Gasteiger partial charge on any atom is 0.261 e. The molecule has 3 rings (SSSR count). The average Bonchev–Trinajstić information content (AvgIpc) is 2.69. The predicted octanol–water partition coefficient (Wildman–Crippen LogP) is 4.21. The molecular weight excluding hydrogens is 447 g/mol. The second kappa shape index (κ2) is 8.31. The van der Waals surface area contributed by atoms with E-state index >= 15 is 0 Å². The van der Waals surface area contributed by atoms with Crippen LogP contribution in [0.15, 0.2) is 45.8 Å². The van der Waals surface area contributed by atoms with Crippen LogP contribution < -0.4 is 4.90 Å². The van der Waals surface area contributed by atoms with E-state index in [4.69, 9.17) is 0 Å². The fourth-order valence-corrected chi connectivity index (χ4v) is 5.33. The van der Waals surface area contributed by atoms with Gasteiger partial charge in [0.05, 0.1) is 10.5 Å². The van der Waals surface area contributed by atoms with Crippen molar-refractivity contribution in [3.05, 3.63) is 57.8 Å². The Morgan fingerprint density at radius 3 is 2.57 bits per heavy atom. The second-order valence-electron chi connectivity index (χ2n) is 6.56. The fourth-order valence-electron chi connectivity index (χ4n) is 3.46. The Morgan fingerprint density at radius 2 is 1.89 bits per heavy atom. The number of benzene rings is 2. The molecule has 1 amide bonds. The quantitative estimate of drug-likeness (QED) is 0.660. The number of fused-ring (bicyclic) bond motifs is 1. The molecule has 0 fully saturated rings. The first kappa shape index (κ1) is 21.0. The summed E-state index contributed by atoms with van der Waals surface area (Å²) >= 11 is 3.27. The zero-order chi connectivity index (χ0) is 20.5. The first-order valence-corrected chi connectivity index (χ1v) is 11.4. The van der Waals surface area contributed by atoms with Gasteiger partial charge in [0.25, 0.3) is 5.91 Å². The number of hydrogen-bond acceptors (Lipinski definition) is 3. The van der Waals surface area contributed by atoms with Gasteiger partial charge in [-0.25, -0.2) is 12.8 Å². The zero-order valence-electron chi connectivity index (χ0n) is 15.8. The molecule has 0 saturated carbocycles. The molecule has 0 aliphatic carbocycles. The summed E-state index contributed by atoms with van der Waals surface area (Å²) < 4.78 is 41.8. The van der Waals surface area contributed by atoms with Gasteiger partial charge in [0, 0.05) is 29.8 Å². The van der Waals surface area contributed by atoms with Crippen LogP contribution in [-0.2, 0) is 16.4 Å². The standard InChI is InChI=1S/C20H22BrFN2O3S/c1-3-23(4-2)28(26,27)16-8-10-19-14(12-16)6-5-11-24(19)20(25)17-13-15(21)7-9-18(17)22/h7-10,12-13H,3-6,11H2,1-2H3. The third-order valence-electron chi connectivity index (χ3n) is 4.92. The Balaban J connectivity index is 2.00. The number of hydrogen-bond donors (Lipinski definition) is 0. The van der Waals surface area contributed by atoms with Crippen LogP contribution in [0.3, 0.4) is 0 Å². The Bertz CT molecular complexity index is 1010. The summed E-state index contributed by atoms with van der Waals surface area (Å²) in [5, 5.41) is 0. The molecule has 2 aromatic carbocycles. The maximum absolute atomic E-state index is 14.2. The summed E-state index contributed by atoms with van der Waals surface area (Å²) in [5.74, 6) is -1.01. The number of aryl methyl sites for hydroxylation is 1. The highest BCUT2D eigenvalue weighted by atomic mass is 79.9. The minimum atomic E-state index is -3.57. The number of anilines is 1. The molecule has 2 aromatic rings. The highest BCUT2D eigenvalue weighted by Crippen LogP contribution is 2.32. The van der Waals surface area contributed by atoms with Gasteiger partial charge in [-0.2, -0.15) is 4.31 Å². The van der Waals surface area contributed by atoms with Crippen molar-refractivity contribution in [2.45, 2.75) is 31.6 Å². The molecule has 0 spiro atoms. The van der Waals surface area contributed by atoms with Crippen molar-refractivity contribution in [1.82, 2.24) is 4.31 Å². The van der Waals surface area contributed by atoms with Gasteiger partial charge < -0.3 is 4.90 Å². The van der Waals surface area contributed by atoms with Gasteiger partial charge in [-0.1, -0.05) is 29.8 Å². The molecule has 0 unspecified atom stereocenters. The molecule has 0 bridgehead atoms. The number of rotatable bonds is 5. The lowest BCUT2D eigenvalue weighted by Gasteiger charge is -2.30. The van der Waals surface area contributed by atoms with Crippen molar-refractivity contribution >= 4 is 37.5 Å². The number of nitrogens with zero attached hydrogens (tertiary/aromatic N) is 2. The van der Waals surface area contributed by atoms with E-state index in [1.807, 2.05) is 0 Å². The lowest BCUT2D eigenvalue weighted by atomic mass is 10.0. The van der Waals surface area contributed by atoms with Crippen LogP contribution in [0.5, 0.6) is 0 Å². The van der Waals surface area contributed by atoms with Crippen molar-refractivity contribution in [2.24, 2.45) is 0 Å². The molecule has 0 atom stereocenters. The van der Waals surface area contributed by atoms with Crippen molar-refractivity contribution < 1.29 is 17.6 Å². The molecule has 1 aliphatic rings. The topological polar surface area (TPSA) is 57.7 Å². The monoisotopic (exact) mass is 468 g/mol. The minimum absolute atomic E-state index is 0.0120. The minimum Gasteiger partial charge on any atom is -0.308 e. The van der Waals surface area contributed by atoms with E-state index in [2.05, 4.69) is 15.9 Å². The largest absolute Gasteiger partial charge is 0.308 e. The molecule has 0 saturated heterocycles. The van der Waals surface area contributed by atoms with Crippen LogP contribution in [0, 0.1) is 5.82 Å². The maximum atomic E-state index is 14.2. The van der Waals surface area contributed by atoms with Gasteiger partial charge in [-0.05, 0) is 54.8 Å². The van der Waals surface area contributed by atoms with Crippen molar-refractivity contribution in [1.29, 1.82) is 0 Å². The van der Waals surface area contributed by atoms with Gasteiger partial charge in [-0.15, -0.1) is 0 Å². The van der Waals surface area contributed by atoms with E-state index in [-0.39, 0.29) is 10.5 Å². The number of amides is 1. The average molecular weight is 469 g/mol. The van der Waals surface area contributed by atoms with E-state index in [1.165, 1.54) is 27.4 Å². The normalized spacial score (nSPS) is 14.2. The Hall–Kier alpha value is -1.77. The summed E-state index contributed by atoms with van der Waals surface area (Å²) in [6.07, 6.45) is 1.35. The first-order chi connectivity index (χ1) is 13.3. The van der Waals surface area contributed by atoms with E-state index in [0.717, 1.165) is 5.56 Å². The van der Waals surface area contributed by atoms with Gasteiger partial charge in [0.2, 0.25) is 10.0 Å². The smallest absolute Gasteiger partial charge is 0.261 e. The van der Waals surface area contributed by atoms with Crippen LogP contribution in [0.1, 0.15) is 36.2 Å². The Labute approximate surface area is 173 Å². The molecule has 28 heavy (non-hydrogen) atoms. The third-order valence-corrected chi connectivity index (χ3v) is 7.46. The molecule has 8 heteroatoms. The lowest BCUT2D eigenvalue weighted by Crippen LogP contribution is -2.36. The number of carbonyl (C=O) groups excluding carboxylic acids is 1. The van der Waals surface area contributed by atoms with E-state index < -0.39 is 21.7 Å². The van der Waals surface area contributed by atoms with Gasteiger partial charge >= 0.3 is 0 Å². The number of sulfonamides is 1. The molecule has 0 aromatic heterocycles. The zero-order valence-corrected chi connectivity index (χ0v) is 18.2. The van der Waals surface area contributed by atoms with Crippen LogP contribution >= 0.6 is 15.9 Å². The lowest BCUT2D eigenvalue weighted by molar-refractivity contribution is 0.0981. The van der Waals surface area contributed by atoms with Crippen molar-refractivity contribution in [2.75, 3.05) is 24.5 Å². The van der Waals surface area contributed by atoms with E-state index in [1.54, 1.807) is 32.0 Å². The van der Waals surface area contributed by atoms with Gasteiger partial charge in [0.15, 0.2) is 0 Å². The molecule has 5 nitrogen and oxygen atoms in total. The van der Waals surface area contributed by atoms with Crippen LogP contribution in [0.4, 0.5) is 10.1 Å². The van der Waals surface area contributed by atoms with E-state index in [0.29, 0.717) is 42.6 Å². The van der Waals surface area contributed by atoms with Gasteiger partial charge in [0.1, 0.15) is 5.82 Å². The van der Waals surface area contributed by atoms with Crippen LogP contribution in [-0.4, -0.2) is 38.3 Å². The fraction of sp³-hybridized carbons (Fsp3) is 0.350. The van der Waals surface area contributed by atoms with Crippen molar-refractivity contribution in [3.63, 3.8) is 0 Å². The predicted molar refractivity (Wildman–Crippen MR) is 111 cm³/mol. The first-order valence-electron chi connectivity index (χ1n) is 9.19. The van der Waals surface area contributed by atoms with E-state index in [9.17, 15) is 17.6 Å². The SMILES string of the molecule is CCN(CC)S(=O)(=O)c1ccc2c(c1)CCCN2C(=O)c1cc(Br)ccc1F. The summed E-state index contributed by atoms with van der Waals surface area (Å²) in [6, 6.07) is 9.07. The van der Waals surface area contributed by atoms with Crippen LogP contribution in [0.25, 0.3) is 0 Å². The summed E-state index contributed by atoms with van der Waals surface area (Å²) in [4.78, 5) is 14.7. The number of carbonyl (C=O) groups is 1. The van der Waals surface area contributed by atoms with Gasteiger partial charge in [-0.3, -0.25) is 4.79 Å². The van der Waals surface area contributed by atoms with Crippen molar-refractivity contribution in [3.8, 4) is 0 Å². The Morgan fingerprint density at radius 1 is 1.18 bits per heavy atom. The number of halogens is 2. The van der Waals surface area contributed by atoms with Crippen LogP contribution in [0.2, 0.25) is 0 Å². The molecule has 1 heterocycles. The second-order valence-corrected chi connectivity index (χ2v) is 9.42. The summed E-state index contributed by atoms with van der Waals surface area (Å²) in [5.41, 5.74) is 1.40. The molecule has 1 aliphatic heterocycles. The molecule has 150 valence electrons. The highest BCUT2D eigenvalue weighted by molar-refractivity contribution is 9.10. The summed E-state index contributed by atoms with van der Waals surface area (Å²) in [7, 11) is -3.57.